The van der Waals surface area contributed by atoms with E-state index in [-0.39, 0.29) is 0 Å². The van der Waals surface area contributed by atoms with Gasteiger partial charge in [-0.15, -0.1) is 0 Å². The van der Waals surface area contributed by atoms with Gasteiger partial charge in [-0.25, -0.2) is 0 Å². The second-order valence-corrected chi connectivity index (χ2v) is 4.19. The van der Waals surface area contributed by atoms with Gasteiger partial charge in [-0.05, 0) is 39.8 Å². The average molecular weight is 230 g/mol. The number of nitrogens with one attached hydrogen (secondary N) is 1. The highest BCUT2D eigenvalue weighted by molar-refractivity contribution is 6.31. The van der Waals surface area contributed by atoms with Gasteiger partial charge in [0.15, 0.2) is 0 Å². The molecule has 0 saturated carbocycles. The minimum absolute atomic E-state index is 0.802. The topological polar surface area (TPSA) is 29.9 Å². The van der Waals surface area contributed by atoms with Gasteiger partial charge in [0, 0.05) is 6.54 Å². The van der Waals surface area contributed by atoms with Crippen LogP contribution in [-0.4, -0.2) is 22.9 Å². The Morgan fingerprint density at radius 1 is 1.33 bits per heavy atom. The molecule has 0 aromatic carbocycles. The number of nitrogens with zero attached hydrogens (tertiary/aromatic N) is 2. The number of hydrogen-bond acceptors (Lipinski definition) is 2. The van der Waals surface area contributed by atoms with Gasteiger partial charge in [0.2, 0.25) is 0 Å². The summed E-state index contributed by atoms with van der Waals surface area (Å²) in [5.74, 6) is 0. The van der Waals surface area contributed by atoms with E-state index in [1.807, 2.05) is 18.5 Å². The number of halogens is 1. The summed E-state index contributed by atoms with van der Waals surface area (Å²) in [4.78, 5) is 0. The van der Waals surface area contributed by atoms with Crippen molar-refractivity contribution in [3.63, 3.8) is 0 Å². The third-order valence-electron chi connectivity index (χ3n) is 2.44. The van der Waals surface area contributed by atoms with Gasteiger partial charge in [0.05, 0.1) is 16.4 Å². The molecule has 0 spiro atoms. The first-order valence-corrected chi connectivity index (χ1v) is 5.94. The fourth-order valence-corrected chi connectivity index (χ4v) is 1.68. The summed E-state index contributed by atoms with van der Waals surface area (Å²) in [6, 6.07) is 0. The van der Waals surface area contributed by atoms with Crippen LogP contribution in [0, 0.1) is 13.8 Å². The van der Waals surface area contributed by atoms with Crippen LogP contribution < -0.4 is 5.32 Å². The molecule has 4 heteroatoms. The van der Waals surface area contributed by atoms with E-state index in [4.69, 9.17) is 11.6 Å². The van der Waals surface area contributed by atoms with Crippen molar-refractivity contribution in [1.29, 1.82) is 0 Å². The first-order chi connectivity index (χ1) is 7.16. The van der Waals surface area contributed by atoms with Crippen molar-refractivity contribution >= 4 is 11.6 Å². The van der Waals surface area contributed by atoms with Gasteiger partial charge in [-0.1, -0.05) is 18.5 Å². The lowest BCUT2D eigenvalue weighted by Gasteiger charge is -2.05. The summed E-state index contributed by atoms with van der Waals surface area (Å²) in [5, 5.41) is 8.56. The Labute approximate surface area is 96.8 Å². The zero-order chi connectivity index (χ0) is 11.3. The zero-order valence-electron chi connectivity index (χ0n) is 9.81. The van der Waals surface area contributed by atoms with Gasteiger partial charge in [0.1, 0.15) is 0 Å². The molecule has 1 aromatic rings. The highest BCUT2D eigenvalue weighted by Crippen LogP contribution is 2.18. The molecule has 0 aliphatic carbocycles. The van der Waals surface area contributed by atoms with E-state index in [1.54, 1.807) is 0 Å². The molecule has 0 atom stereocenters. The molecule has 0 bridgehead atoms. The molecule has 0 amide bonds. The summed E-state index contributed by atoms with van der Waals surface area (Å²) in [6.07, 6.45) is 2.28. The van der Waals surface area contributed by atoms with Gasteiger partial charge in [0.25, 0.3) is 0 Å². The largest absolute Gasteiger partial charge is 0.317 e. The molecule has 0 saturated heterocycles. The molecule has 1 aromatic heterocycles. The van der Waals surface area contributed by atoms with Gasteiger partial charge in [-0.2, -0.15) is 5.10 Å². The Morgan fingerprint density at radius 3 is 2.60 bits per heavy atom. The normalized spacial score (nSPS) is 10.9. The molecule has 86 valence electrons. The maximum absolute atomic E-state index is 6.06. The molecule has 1 N–H and O–H groups in total. The molecule has 0 fully saturated rings. The third-order valence-corrected chi connectivity index (χ3v) is 2.99. The van der Waals surface area contributed by atoms with Crippen molar-refractivity contribution in [1.82, 2.24) is 15.1 Å². The van der Waals surface area contributed by atoms with Crippen LogP contribution in [0.3, 0.4) is 0 Å². The summed E-state index contributed by atoms with van der Waals surface area (Å²) in [7, 11) is 0. The van der Waals surface area contributed by atoms with Crippen LogP contribution in [0.2, 0.25) is 5.02 Å². The third kappa shape index (κ3) is 3.50. The maximum Gasteiger partial charge on any atom is 0.0844 e. The minimum atomic E-state index is 0.802. The van der Waals surface area contributed by atoms with Crippen LogP contribution >= 0.6 is 11.6 Å². The Bertz CT molecular complexity index is 307. The van der Waals surface area contributed by atoms with Crippen LogP contribution in [0.5, 0.6) is 0 Å². The summed E-state index contributed by atoms with van der Waals surface area (Å²) >= 11 is 6.06. The molecule has 0 radical (unpaired) electrons. The van der Waals surface area contributed by atoms with Crippen molar-refractivity contribution in [2.75, 3.05) is 13.1 Å². The fraction of sp³-hybridized carbons (Fsp3) is 0.727. The summed E-state index contributed by atoms with van der Waals surface area (Å²) in [5.41, 5.74) is 2.00. The van der Waals surface area contributed by atoms with E-state index >= 15 is 0 Å². The van der Waals surface area contributed by atoms with Gasteiger partial charge >= 0.3 is 0 Å². The molecule has 0 unspecified atom stereocenters. The molecular weight excluding hydrogens is 210 g/mol. The van der Waals surface area contributed by atoms with Gasteiger partial charge < -0.3 is 5.32 Å². The lowest BCUT2D eigenvalue weighted by molar-refractivity contribution is 0.531. The average Bonchev–Trinajstić information content (AvgIpc) is 2.46. The van der Waals surface area contributed by atoms with Gasteiger partial charge in [-0.3, -0.25) is 4.68 Å². The molecule has 0 aliphatic rings. The maximum atomic E-state index is 6.06. The highest BCUT2D eigenvalue weighted by Gasteiger charge is 2.07. The van der Waals surface area contributed by atoms with E-state index in [9.17, 15) is 0 Å². The number of rotatable bonds is 6. The summed E-state index contributed by atoms with van der Waals surface area (Å²) in [6.45, 7) is 9.22. The van der Waals surface area contributed by atoms with Crippen molar-refractivity contribution < 1.29 is 0 Å². The smallest absolute Gasteiger partial charge is 0.0844 e. The van der Waals surface area contributed by atoms with Crippen LogP contribution in [0.25, 0.3) is 0 Å². The highest BCUT2D eigenvalue weighted by atomic mass is 35.5. The predicted molar refractivity (Wildman–Crippen MR) is 64.5 cm³/mol. The first kappa shape index (κ1) is 12.5. The lowest BCUT2D eigenvalue weighted by Crippen LogP contribution is -2.18. The van der Waals surface area contributed by atoms with Crippen molar-refractivity contribution in [2.45, 2.75) is 40.2 Å². The Hall–Kier alpha value is -0.540. The van der Waals surface area contributed by atoms with Crippen LogP contribution in [-0.2, 0) is 6.54 Å². The Kier molecular flexibility index (Phi) is 5.12. The monoisotopic (exact) mass is 229 g/mol. The van der Waals surface area contributed by atoms with E-state index in [0.717, 1.165) is 42.5 Å². The minimum Gasteiger partial charge on any atom is -0.317 e. The predicted octanol–water partition coefficient (Wildman–Crippen LogP) is 2.54. The first-order valence-electron chi connectivity index (χ1n) is 5.57. The standard InChI is InChI=1S/C11H20ClN3/c1-4-6-13-7-5-8-15-10(3)11(12)9(2)14-15/h13H,4-8H2,1-3H3. The zero-order valence-corrected chi connectivity index (χ0v) is 10.6. The number of aromatic nitrogens is 2. The van der Waals surface area contributed by atoms with Crippen LogP contribution in [0.15, 0.2) is 0 Å². The van der Waals surface area contributed by atoms with E-state index < -0.39 is 0 Å². The fourth-order valence-electron chi connectivity index (χ4n) is 1.55. The SMILES string of the molecule is CCCNCCCn1nc(C)c(Cl)c1C. The van der Waals surface area contributed by atoms with Crippen LogP contribution in [0.1, 0.15) is 31.2 Å². The number of hydrogen-bond donors (Lipinski definition) is 1. The molecule has 0 aliphatic heterocycles. The van der Waals surface area contributed by atoms with E-state index in [1.165, 1.54) is 6.42 Å². The van der Waals surface area contributed by atoms with E-state index in [0.29, 0.717) is 0 Å². The Balaban J connectivity index is 2.34. The quantitative estimate of drug-likeness (QED) is 0.760. The summed E-state index contributed by atoms with van der Waals surface area (Å²) < 4.78 is 1.99. The van der Waals surface area contributed by atoms with E-state index in [2.05, 4.69) is 17.3 Å². The van der Waals surface area contributed by atoms with Crippen molar-refractivity contribution in [3.05, 3.63) is 16.4 Å². The molecule has 1 rings (SSSR count). The molecular formula is C11H20ClN3. The molecule has 15 heavy (non-hydrogen) atoms. The number of aryl methyl sites for hydroxylation is 2. The second kappa shape index (κ2) is 6.13. The van der Waals surface area contributed by atoms with Crippen LogP contribution in [0.4, 0.5) is 0 Å². The lowest BCUT2D eigenvalue weighted by atomic mass is 10.3. The molecule has 1 heterocycles. The Morgan fingerprint density at radius 2 is 2.07 bits per heavy atom. The van der Waals surface area contributed by atoms with Crippen molar-refractivity contribution in [2.24, 2.45) is 0 Å². The second-order valence-electron chi connectivity index (χ2n) is 3.81. The molecule has 3 nitrogen and oxygen atoms in total. The van der Waals surface area contributed by atoms with Crippen molar-refractivity contribution in [3.8, 4) is 0 Å².